The van der Waals surface area contributed by atoms with Crippen molar-refractivity contribution in [1.29, 1.82) is 0 Å². The number of hydrogen-bond acceptors (Lipinski definition) is 3. The summed E-state index contributed by atoms with van der Waals surface area (Å²) in [5.74, 6) is 2.28. The van der Waals surface area contributed by atoms with Gasteiger partial charge in [-0.25, -0.2) is 0 Å². The van der Waals surface area contributed by atoms with Crippen LogP contribution in [0.2, 0.25) is 0 Å². The minimum atomic E-state index is -0.0170. The fourth-order valence-corrected chi connectivity index (χ4v) is 2.80. The average molecular weight is 264 g/mol. The van der Waals surface area contributed by atoms with Crippen molar-refractivity contribution >= 4 is 0 Å². The Kier molecular flexibility index (Phi) is 5.08. The number of aliphatic hydroxyl groups excluding tert-OH is 1. The van der Waals surface area contributed by atoms with E-state index in [4.69, 9.17) is 9.47 Å². The van der Waals surface area contributed by atoms with Crippen molar-refractivity contribution in [3.05, 3.63) is 23.8 Å². The minimum absolute atomic E-state index is 0.0170. The smallest absolute Gasteiger partial charge is 0.167 e. The maximum absolute atomic E-state index is 9.41. The molecular formula is C16H24O3. The zero-order valence-electron chi connectivity index (χ0n) is 11.9. The molecule has 1 aromatic carbocycles. The molecule has 1 aromatic rings. The van der Waals surface area contributed by atoms with Crippen molar-refractivity contribution in [2.45, 2.75) is 51.7 Å². The molecule has 0 heterocycles. The number of rotatable bonds is 5. The van der Waals surface area contributed by atoms with Crippen LogP contribution in [0.25, 0.3) is 0 Å². The lowest BCUT2D eigenvalue weighted by molar-refractivity contribution is 0.122. The third kappa shape index (κ3) is 3.41. The zero-order valence-corrected chi connectivity index (χ0v) is 11.9. The highest BCUT2D eigenvalue weighted by atomic mass is 16.5. The van der Waals surface area contributed by atoms with Gasteiger partial charge in [-0.3, -0.25) is 0 Å². The summed E-state index contributed by atoms with van der Waals surface area (Å²) in [6, 6.07) is 5.65. The normalized spacial score (nSPS) is 23.1. The molecule has 3 heteroatoms. The number of benzene rings is 1. The molecule has 0 radical (unpaired) electrons. The summed E-state index contributed by atoms with van der Waals surface area (Å²) >= 11 is 0. The molecule has 3 nitrogen and oxygen atoms in total. The Balaban J connectivity index is 2.06. The molecule has 1 N–H and O–H groups in total. The van der Waals surface area contributed by atoms with Crippen LogP contribution in [0.5, 0.6) is 11.5 Å². The van der Waals surface area contributed by atoms with Gasteiger partial charge in [0.25, 0.3) is 0 Å². The van der Waals surface area contributed by atoms with Crippen molar-refractivity contribution in [3.63, 3.8) is 0 Å². The number of aliphatic hydroxyl groups is 1. The van der Waals surface area contributed by atoms with Gasteiger partial charge in [-0.15, -0.1) is 0 Å². The van der Waals surface area contributed by atoms with E-state index in [0.717, 1.165) is 24.3 Å². The molecular weight excluding hydrogens is 240 g/mol. The summed E-state index contributed by atoms with van der Waals surface area (Å²) in [5, 5.41) is 9.41. The Morgan fingerprint density at radius 2 is 1.95 bits per heavy atom. The lowest BCUT2D eigenvalue weighted by Crippen LogP contribution is -2.24. The highest BCUT2D eigenvalue weighted by Crippen LogP contribution is 2.35. The number of hydrogen-bond donors (Lipinski definition) is 1. The second-order valence-corrected chi connectivity index (χ2v) is 5.28. The number of ether oxygens (including phenoxy) is 2. The lowest BCUT2D eigenvalue weighted by atomic mass is 9.86. The van der Waals surface area contributed by atoms with Gasteiger partial charge in [0, 0.05) is 5.56 Å². The van der Waals surface area contributed by atoms with Crippen molar-refractivity contribution in [2.75, 3.05) is 7.11 Å². The van der Waals surface area contributed by atoms with E-state index in [2.05, 4.69) is 6.92 Å². The molecule has 0 atom stereocenters. The minimum Gasteiger partial charge on any atom is -0.493 e. The monoisotopic (exact) mass is 264 g/mol. The first kappa shape index (κ1) is 14.2. The SMILES string of the molecule is CCC1CCC(Oc2c(CO)cccc2OC)CC1. The predicted octanol–water partition coefficient (Wildman–Crippen LogP) is 3.54. The van der Waals surface area contributed by atoms with E-state index < -0.39 is 0 Å². The first-order valence-electron chi connectivity index (χ1n) is 7.21. The van der Waals surface area contributed by atoms with Crippen LogP contribution in [-0.4, -0.2) is 18.3 Å². The van der Waals surface area contributed by atoms with Gasteiger partial charge in [-0.05, 0) is 37.7 Å². The molecule has 0 bridgehead atoms. The molecule has 0 amide bonds. The standard InChI is InChI=1S/C16H24O3/c1-3-12-7-9-14(10-8-12)19-16-13(11-17)5-4-6-15(16)18-2/h4-6,12,14,17H,3,7-11H2,1-2H3. The van der Waals surface area contributed by atoms with Crippen LogP contribution in [-0.2, 0) is 6.61 Å². The van der Waals surface area contributed by atoms with Crippen LogP contribution in [0, 0.1) is 5.92 Å². The van der Waals surface area contributed by atoms with E-state index in [1.165, 1.54) is 19.3 Å². The molecule has 1 aliphatic carbocycles. The highest BCUT2D eigenvalue weighted by molar-refractivity contribution is 5.46. The van der Waals surface area contributed by atoms with Crippen LogP contribution in [0.4, 0.5) is 0 Å². The highest BCUT2D eigenvalue weighted by Gasteiger charge is 2.23. The first-order valence-corrected chi connectivity index (χ1v) is 7.21. The van der Waals surface area contributed by atoms with Crippen molar-refractivity contribution in [3.8, 4) is 11.5 Å². The van der Waals surface area contributed by atoms with Gasteiger partial charge in [0.1, 0.15) is 0 Å². The number of methoxy groups -OCH3 is 1. The fraction of sp³-hybridized carbons (Fsp3) is 0.625. The zero-order chi connectivity index (χ0) is 13.7. The Morgan fingerprint density at radius 1 is 1.21 bits per heavy atom. The van der Waals surface area contributed by atoms with E-state index in [-0.39, 0.29) is 12.7 Å². The molecule has 0 unspecified atom stereocenters. The summed E-state index contributed by atoms with van der Waals surface area (Å²) < 4.78 is 11.4. The van der Waals surface area contributed by atoms with E-state index in [0.29, 0.717) is 11.5 Å². The van der Waals surface area contributed by atoms with Gasteiger partial charge in [0.15, 0.2) is 11.5 Å². The second kappa shape index (κ2) is 6.80. The van der Waals surface area contributed by atoms with Crippen molar-refractivity contribution in [2.24, 2.45) is 5.92 Å². The van der Waals surface area contributed by atoms with Gasteiger partial charge in [-0.1, -0.05) is 25.5 Å². The Hall–Kier alpha value is -1.22. The third-order valence-corrected chi connectivity index (χ3v) is 4.11. The molecule has 0 saturated heterocycles. The van der Waals surface area contributed by atoms with Crippen LogP contribution < -0.4 is 9.47 Å². The summed E-state index contributed by atoms with van der Waals surface area (Å²) in [5.41, 5.74) is 0.803. The van der Waals surface area contributed by atoms with E-state index in [9.17, 15) is 5.11 Å². The quantitative estimate of drug-likeness (QED) is 0.884. The van der Waals surface area contributed by atoms with Gasteiger partial charge in [0.2, 0.25) is 0 Å². The molecule has 106 valence electrons. The molecule has 0 spiro atoms. The second-order valence-electron chi connectivity index (χ2n) is 5.28. The van der Waals surface area contributed by atoms with Gasteiger partial charge in [-0.2, -0.15) is 0 Å². The van der Waals surface area contributed by atoms with E-state index in [1.807, 2.05) is 18.2 Å². The summed E-state index contributed by atoms with van der Waals surface area (Å²) in [7, 11) is 1.64. The predicted molar refractivity (Wildman–Crippen MR) is 75.6 cm³/mol. The van der Waals surface area contributed by atoms with Gasteiger partial charge < -0.3 is 14.6 Å². The molecule has 1 aliphatic rings. The third-order valence-electron chi connectivity index (χ3n) is 4.11. The maximum atomic E-state index is 9.41. The van der Waals surface area contributed by atoms with Crippen molar-refractivity contribution < 1.29 is 14.6 Å². The van der Waals surface area contributed by atoms with E-state index >= 15 is 0 Å². The number of para-hydroxylation sites is 1. The topological polar surface area (TPSA) is 38.7 Å². The summed E-state index contributed by atoms with van der Waals surface area (Å²) in [6.45, 7) is 2.24. The summed E-state index contributed by atoms with van der Waals surface area (Å²) in [4.78, 5) is 0. The lowest BCUT2D eigenvalue weighted by Gasteiger charge is -2.29. The van der Waals surface area contributed by atoms with Gasteiger partial charge in [0.05, 0.1) is 19.8 Å². The average Bonchev–Trinajstić information content (AvgIpc) is 2.48. The van der Waals surface area contributed by atoms with Gasteiger partial charge >= 0.3 is 0 Å². The molecule has 1 saturated carbocycles. The molecule has 2 rings (SSSR count). The molecule has 19 heavy (non-hydrogen) atoms. The molecule has 0 aromatic heterocycles. The molecule has 0 aliphatic heterocycles. The first-order chi connectivity index (χ1) is 9.28. The Morgan fingerprint density at radius 3 is 2.53 bits per heavy atom. The van der Waals surface area contributed by atoms with E-state index in [1.54, 1.807) is 7.11 Å². The van der Waals surface area contributed by atoms with Crippen molar-refractivity contribution in [1.82, 2.24) is 0 Å². The Bertz CT molecular complexity index is 373. The fourth-order valence-electron chi connectivity index (χ4n) is 2.80. The largest absolute Gasteiger partial charge is 0.493 e. The maximum Gasteiger partial charge on any atom is 0.167 e. The summed E-state index contributed by atoms with van der Waals surface area (Å²) in [6.07, 6.45) is 6.20. The van der Waals surface area contributed by atoms with Crippen LogP contribution in [0.3, 0.4) is 0 Å². The Labute approximate surface area is 115 Å². The van der Waals surface area contributed by atoms with Crippen LogP contribution >= 0.6 is 0 Å². The van der Waals surface area contributed by atoms with Crippen LogP contribution in [0.15, 0.2) is 18.2 Å². The van der Waals surface area contributed by atoms with Crippen LogP contribution in [0.1, 0.15) is 44.6 Å². The molecule has 1 fully saturated rings.